The molecule has 0 aromatic heterocycles. The molecule has 4 saturated heterocycles. The molecule has 4 heterocycles. The largest absolute Gasteiger partial charge is 0.397 e. The third kappa shape index (κ3) is 10.5. The highest BCUT2D eigenvalue weighted by molar-refractivity contribution is 7.80. The lowest BCUT2D eigenvalue weighted by Gasteiger charge is -2.49. The van der Waals surface area contributed by atoms with E-state index in [4.69, 9.17) is 37.7 Å². The molecule has 4 aliphatic heterocycles. The van der Waals surface area contributed by atoms with Gasteiger partial charge < -0.3 is 94.9 Å². The van der Waals surface area contributed by atoms with Gasteiger partial charge in [0.2, 0.25) is 11.8 Å². The Labute approximate surface area is 307 Å². The standard InChI is InChI=1S/C28H48N2O23S/c1-7-15(34)20(39)22(41)27(48-7)53-24-21(40)16(35)10(4-31)50-28(24)52-23-14(30-9(3)33)25(42)49-11(18(23)37)5-46-26-13(29-8(2)32)19(38)17(36)12(51-26)6-47-54(43,44)45/h7,10-28,31,34-42H,4-6H2,1-3H3,(H,29,32)(H,30,33)(H,43,44,45)/t7-,10+,11+,12+,13+,14+,15+,16-,17+,18-,19+,20+,21-,22-,23+,24+,25-,26?,27?,28?/m0/s1. The van der Waals surface area contributed by atoms with Crippen LogP contribution in [0.4, 0.5) is 0 Å². The van der Waals surface area contributed by atoms with Gasteiger partial charge in [0.15, 0.2) is 25.2 Å². The number of carbonyl (C=O) groups is 2. The van der Waals surface area contributed by atoms with E-state index in [0.29, 0.717) is 0 Å². The number of hydrogen-bond donors (Lipinski definition) is 13. The first-order valence-electron chi connectivity index (χ1n) is 16.6. The molecule has 0 radical (unpaired) electrons. The van der Waals surface area contributed by atoms with Gasteiger partial charge in [0.05, 0.1) is 25.9 Å². The Bertz CT molecular complexity index is 1360. The van der Waals surface area contributed by atoms with Crippen molar-refractivity contribution in [3.63, 3.8) is 0 Å². The second-order valence-corrected chi connectivity index (χ2v) is 14.3. The highest BCUT2D eigenvalue weighted by Gasteiger charge is 2.54. The minimum Gasteiger partial charge on any atom is -0.394 e. The molecule has 0 aliphatic carbocycles. The van der Waals surface area contributed by atoms with Gasteiger partial charge in [-0.25, -0.2) is 4.18 Å². The summed E-state index contributed by atoms with van der Waals surface area (Å²) in [7, 11) is -5.03. The van der Waals surface area contributed by atoms with Gasteiger partial charge in [0.25, 0.3) is 0 Å². The number of nitrogens with one attached hydrogen (secondary N) is 2. The number of aliphatic hydroxyl groups excluding tert-OH is 10. The van der Waals surface area contributed by atoms with Crippen molar-refractivity contribution in [1.82, 2.24) is 10.6 Å². The van der Waals surface area contributed by atoms with E-state index in [1.807, 2.05) is 0 Å². The molecular formula is C28H48N2O23S. The summed E-state index contributed by atoms with van der Waals surface area (Å²) in [6, 6.07) is -3.17. The molecule has 0 saturated carbocycles. The van der Waals surface area contributed by atoms with Gasteiger partial charge in [-0.3, -0.25) is 14.1 Å². The van der Waals surface area contributed by atoms with Crippen molar-refractivity contribution in [2.75, 3.05) is 19.8 Å². The molecule has 4 aliphatic rings. The molecule has 0 aromatic rings. The first-order valence-corrected chi connectivity index (χ1v) is 18.0. The van der Waals surface area contributed by atoms with Crippen molar-refractivity contribution in [1.29, 1.82) is 0 Å². The van der Waals surface area contributed by atoms with Crippen molar-refractivity contribution in [3.8, 4) is 0 Å². The maximum absolute atomic E-state index is 12.1. The van der Waals surface area contributed by atoms with Crippen LogP contribution in [0.3, 0.4) is 0 Å². The number of rotatable bonds is 13. The van der Waals surface area contributed by atoms with Crippen LogP contribution in [0.25, 0.3) is 0 Å². The van der Waals surface area contributed by atoms with Crippen molar-refractivity contribution in [2.45, 2.75) is 143 Å². The summed E-state index contributed by atoms with van der Waals surface area (Å²) in [5.41, 5.74) is 0. The summed E-state index contributed by atoms with van der Waals surface area (Å²) in [6.45, 7) is 0.707. The Morgan fingerprint density at radius 1 is 0.611 bits per heavy atom. The summed E-state index contributed by atoms with van der Waals surface area (Å²) in [5.74, 6) is -1.50. The van der Waals surface area contributed by atoms with Crippen LogP contribution in [0.2, 0.25) is 0 Å². The molecular weight excluding hydrogens is 764 g/mol. The minimum atomic E-state index is -5.03. The normalized spacial score (nSPS) is 46.1. The molecule has 4 rings (SSSR count). The molecule has 54 heavy (non-hydrogen) atoms. The van der Waals surface area contributed by atoms with Crippen LogP contribution in [0.5, 0.6) is 0 Å². The third-order valence-corrected chi connectivity index (χ3v) is 9.59. The van der Waals surface area contributed by atoms with Crippen molar-refractivity contribution < 1.29 is 111 Å². The molecule has 0 aromatic carbocycles. The molecule has 20 atom stereocenters. The van der Waals surface area contributed by atoms with Crippen molar-refractivity contribution >= 4 is 22.2 Å². The number of ether oxygens (including phenoxy) is 7. The monoisotopic (exact) mass is 812 g/mol. The van der Waals surface area contributed by atoms with Crippen LogP contribution in [0.15, 0.2) is 0 Å². The number of aliphatic hydroxyl groups is 10. The number of carbonyl (C=O) groups excluding carboxylic acids is 2. The van der Waals surface area contributed by atoms with Crippen molar-refractivity contribution in [3.05, 3.63) is 0 Å². The van der Waals surface area contributed by atoms with Gasteiger partial charge in [0, 0.05) is 13.8 Å². The second-order valence-electron chi connectivity index (χ2n) is 13.2. The van der Waals surface area contributed by atoms with E-state index in [-0.39, 0.29) is 0 Å². The fourth-order valence-electron chi connectivity index (χ4n) is 6.31. The van der Waals surface area contributed by atoms with Gasteiger partial charge in [-0.2, -0.15) is 8.42 Å². The zero-order valence-electron chi connectivity index (χ0n) is 28.9. The lowest BCUT2D eigenvalue weighted by molar-refractivity contribution is -0.381. The van der Waals surface area contributed by atoms with Crippen LogP contribution < -0.4 is 10.6 Å². The number of amides is 2. The highest BCUT2D eigenvalue weighted by atomic mass is 32.3. The van der Waals surface area contributed by atoms with Crippen LogP contribution in [-0.4, -0.2) is 218 Å². The van der Waals surface area contributed by atoms with Crippen LogP contribution in [-0.2, 0) is 57.3 Å². The molecule has 26 heteroatoms. The summed E-state index contributed by atoms with van der Waals surface area (Å²) < 4.78 is 74.7. The van der Waals surface area contributed by atoms with E-state index in [2.05, 4.69) is 14.8 Å². The molecule has 314 valence electrons. The molecule has 3 unspecified atom stereocenters. The van der Waals surface area contributed by atoms with E-state index in [0.717, 1.165) is 13.8 Å². The van der Waals surface area contributed by atoms with E-state index in [9.17, 15) is 69.1 Å². The van der Waals surface area contributed by atoms with E-state index in [1.54, 1.807) is 0 Å². The summed E-state index contributed by atoms with van der Waals surface area (Å²) in [6.07, 6.45) is -31.9. The quantitative estimate of drug-likeness (QED) is 0.0768. The van der Waals surface area contributed by atoms with E-state index in [1.165, 1.54) is 6.92 Å². The van der Waals surface area contributed by atoms with Crippen molar-refractivity contribution in [2.24, 2.45) is 0 Å². The first kappa shape index (κ1) is 44.8. The predicted molar refractivity (Wildman–Crippen MR) is 166 cm³/mol. The van der Waals surface area contributed by atoms with Gasteiger partial charge >= 0.3 is 10.4 Å². The Morgan fingerprint density at radius 2 is 1.17 bits per heavy atom. The van der Waals surface area contributed by atoms with Gasteiger partial charge in [-0.15, -0.1) is 0 Å². The van der Waals surface area contributed by atoms with Crippen LogP contribution in [0.1, 0.15) is 20.8 Å². The number of hydrogen-bond acceptors (Lipinski definition) is 22. The fourth-order valence-corrected chi connectivity index (χ4v) is 6.62. The summed E-state index contributed by atoms with van der Waals surface area (Å²) in [5, 5.41) is 111. The zero-order chi connectivity index (χ0) is 40.4. The maximum atomic E-state index is 12.1. The Hall–Kier alpha value is -1.87. The average Bonchev–Trinajstić information content (AvgIpc) is 3.09. The zero-order valence-corrected chi connectivity index (χ0v) is 29.7. The lowest BCUT2D eigenvalue weighted by atomic mass is 9.95. The summed E-state index contributed by atoms with van der Waals surface area (Å²) >= 11 is 0. The summed E-state index contributed by atoms with van der Waals surface area (Å²) in [4.78, 5) is 24.0. The molecule has 13 N–H and O–H groups in total. The molecule has 4 fully saturated rings. The lowest BCUT2D eigenvalue weighted by Crippen LogP contribution is -2.69. The smallest absolute Gasteiger partial charge is 0.394 e. The SMILES string of the molecule is CC(=O)N[C@@H]1[C@@H](OC2O[C@H](CO)[C@H](O)[C@H](O)[C@H]2OC2O[C@@H](C)[C@@H](O)[C@@H](O)[C@@H]2O)[C@@H](O)[C@@H](COC2O[C@H](COS(=O)(=O)O)[C@@H](O)[C@H](O)[C@H]2NC(C)=O)O[C@@H]1O. The van der Waals surface area contributed by atoms with E-state index >= 15 is 0 Å². The Morgan fingerprint density at radius 3 is 1.76 bits per heavy atom. The Kier molecular flexibility index (Phi) is 15.4. The topological polar surface area (TPSA) is 389 Å². The van der Waals surface area contributed by atoms with Crippen LogP contribution >= 0.6 is 0 Å². The fraction of sp³-hybridized carbons (Fsp3) is 0.929. The molecule has 0 spiro atoms. The molecule has 25 nitrogen and oxygen atoms in total. The average molecular weight is 813 g/mol. The van der Waals surface area contributed by atoms with Crippen LogP contribution in [0, 0.1) is 0 Å². The maximum Gasteiger partial charge on any atom is 0.397 e. The van der Waals surface area contributed by atoms with Gasteiger partial charge in [0.1, 0.15) is 91.4 Å². The highest BCUT2D eigenvalue weighted by Crippen LogP contribution is 2.33. The van der Waals surface area contributed by atoms with Gasteiger partial charge in [-0.05, 0) is 6.92 Å². The third-order valence-electron chi connectivity index (χ3n) is 9.16. The molecule has 0 bridgehead atoms. The Balaban J connectivity index is 1.59. The van der Waals surface area contributed by atoms with E-state index < -0.39 is 165 Å². The minimum absolute atomic E-state index is 0.740. The molecule has 2 amide bonds. The second kappa shape index (κ2) is 18.6. The first-order chi connectivity index (χ1) is 25.1. The van der Waals surface area contributed by atoms with Gasteiger partial charge in [-0.1, -0.05) is 0 Å². The predicted octanol–water partition coefficient (Wildman–Crippen LogP) is -8.61.